The van der Waals surface area contributed by atoms with Crippen LogP contribution in [0, 0.1) is 22.7 Å². The van der Waals surface area contributed by atoms with Crippen LogP contribution in [0.15, 0.2) is 0 Å². The molecule has 126 valence electrons. The largest absolute Gasteiger partial charge is 0.314 e. The van der Waals surface area contributed by atoms with Gasteiger partial charge in [-0.2, -0.15) is 0 Å². The molecule has 1 nitrogen and oxygen atoms in total. The first kappa shape index (κ1) is 19.0. The van der Waals surface area contributed by atoms with Gasteiger partial charge in [-0.1, -0.05) is 48.5 Å². The number of nitrogens with one attached hydrogen (secondary N) is 1. The quantitative estimate of drug-likeness (QED) is 0.630. The van der Waals surface area contributed by atoms with Gasteiger partial charge < -0.3 is 5.32 Å². The van der Waals surface area contributed by atoms with E-state index in [0.29, 0.717) is 10.8 Å². The van der Waals surface area contributed by atoms with Gasteiger partial charge in [0.05, 0.1) is 0 Å². The fraction of sp³-hybridized carbons (Fsp3) is 1.00. The van der Waals surface area contributed by atoms with Gasteiger partial charge >= 0.3 is 0 Å². The SMILES string of the molecule is CCCNC(CCC(C)(C)C)C1CCC(C(C)(C)C)CC1. The highest BCUT2D eigenvalue weighted by Gasteiger charge is 2.32. The van der Waals surface area contributed by atoms with E-state index in [9.17, 15) is 0 Å². The van der Waals surface area contributed by atoms with Crippen molar-refractivity contribution in [1.82, 2.24) is 5.32 Å². The van der Waals surface area contributed by atoms with E-state index < -0.39 is 0 Å². The van der Waals surface area contributed by atoms with Crippen LogP contribution < -0.4 is 5.32 Å². The summed E-state index contributed by atoms with van der Waals surface area (Å²) in [7, 11) is 0. The van der Waals surface area contributed by atoms with Gasteiger partial charge in [0.1, 0.15) is 0 Å². The monoisotopic (exact) mass is 295 g/mol. The average Bonchev–Trinajstić information content (AvgIpc) is 2.37. The summed E-state index contributed by atoms with van der Waals surface area (Å²) in [5.41, 5.74) is 0.970. The minimum atomic E-state index is 0.467. The van der Waals surface area contributed by atoms with E-state index in [1.165, 1.54) is 51.5 Å². The van der Waals surface area contributed by atoms with Crippen molar-refractivity contribution in [3.8, 4) is 0 Å². The van der Waals surface area contributed by atoms with Crippen molar-refractivity contribution < 1.29 is 0 Å². The second kappa shape index (κ2) is 7.99. The maximum atomic E-state index is 3.87. The van der Waals surface area contributed by atoms with Crippen LogP contribution >= 0.6 is 0 Å². The van der Waals surface area contributed by atoms with Gasteiger partial charge in [-0.05, 0) is 74.2 Å². The van der Waals surface area contributed by atoms with Crippen LogP contribution in [0.2, 0.25) is 0 Å². The zero-order chi connectivity index (χ0) is 16.1. The molecule has 1 saturated carbocycles. The van der Waals surface area contributed by atoms with E-state index in [1.807, 2.05) is 0 Å². The van der Waals surface area contributed by atoms with Crippen molar-refractivity contribution in [3.63, 3.8) is 0 Å². The van der Waals surface area contributed by atoms with Crippen molar-refractivity contribution in [3.05, 3.63) is 0 Å². The second-order valence-electron chi connectivity index (χ2n) is 9.64. The standard InChI is InChI=1S/C20H41N/c1-8-15-21-18(13-14-19(2,3)4)16-9-11-17(12-10-16)20(5,6)7/h16-18,21H,8-15H2,1-7H3. The van der Waals surface area contributed by atoms with Crippen LogP contribution in [0.5, 0.6) is 0 Å². The molecule has 1 rings (SSSR count). The summed E-state index contributed by atoms with van der Waals surface area (Å²) < 4.78 is 0. The molecule has 0 amide bonds. The number of hydrogen-bond acceptors (Lipinski definition) is 1. The summed E-state index contributed by atoms with van der Waals surface area (Å²) in [6.45, 7) is 17.9. The third-order valence-electron chi connectivity index (χ3n) is 5.43. The third-order valence-corrected chi connectivity index (χ3v) is 5.43. The second-order valence-corrected chi connectivity index (χ2v) is 9.64. The predicted molar refractivity (Wildman–Crippen MR) is 95.7 cm³/mol. The topological polar surface area (TPSA) is 12.0 Å². The molecule has 0 radical (unpaired) electrons. The smallest absolute Gasteiger partial charge is 0.00955 e. The Labute approximate surface area is 134 Å². The molecule has 0 aliphatic heterocycles. The zero-order valence-corrected chi connectivity index (χ0v) is 15.9. The summed E-state index contributed by atoms with van der Waals surface area (Å²) in [5.74, 6) is 1.85. The number of hydrogen-bond donors (Lipinski definition) is 1. The van der Waals surface area contributed by atoms with Crippen LogP contribution in [0.3, 0.4) is 0 Å². The normalized spacial score (nSPS) is 25.9. The van der Waals surface area contributed by atoms with Crippen molar-refractivity contribution in [2.24, 2.45) is 22.7 Å². The molecule has 0 spiro atoms. The molecule has 21 heavy (non-hydrogen) atoms. The van der Waals surface area contributed by atoms with Crippen molar-refractivity contribution in [2.75, 3.05) is 6.54 Å². The van der Waals surface area contributed by atoms with Gasteiger partial charge in [0.25, 0.3) is 0 Å². The van der Waals surface area contributed by atoms with Crippen molar-refractivity contribution in [1.29, 1.82) is 0 Å². The van der Waals surface area contributed by atoms with Gasteiger partial charge in [-0.25, -0.2) is 0 Å². The van der Waals surface area contributed by atoms with Crippen molar-refractivity contribution >= 4 is 0 Å². The van der Waals surface area contributed by atoms with Crippen molar-refractivity contribution in [2.45, 2.75) is 99.5 Å². The molecular formula is C20H41N. The Hall–Kier alpha value is -0.0400. The Bertz CT molecular complexity index is 273. The van der Waals surface area contributed by atoms with Gasteiger partial charge in [0, 0.05) is 6.04 Å². The summed E-state index contributed by atoms with van der Waals surface area (Å²) in [5, 5.41) is 3.87. The average molecular weight is 296 g/mol. The summed E-state index contributed by atoms with van der Waals surface area (Å²) in [6.07, 6.45) is 9.70. The molecule has 1 unspecified atom stereocenters. The molecule has 1 fully saturated rings. The first-order chi connectivity index (χ1) is 9.63. The lowest BCUT2D eigenvalue weighted by molar-refractivity contribution is 0.126. The molecule has 0 aromatic heterocycles. The highest BCUT2D eigenvalue weighted by molar-refractivity contribution is 4.86. The van der Waals surface area contributed by atoms with Gasteiger partial charge in [-0.3, -0.25) is 0 Å². The molecule has 0 heterocycles. The van der Waals surface area contributed by atoms with Crippen LogP contribution in [-0.4, -0.2) is 12.6 Å². The maximum Gasteiger partial charge on any atom is 0.00955 e. The first-order valence-corrected chi connectivity index (χ1v) is 9.37. The summed E-state index contributed by atoms with van der Waals surface area (Å²) in [4.78, 5) is 0. The van der Waals surface area contributed by atoms with Crippen LogP contribution in [0.25, 0.3) is 0 Å². The molecule has 1 N–H and O–H groups in total. The zero-order valence-electron chi connectivity index (χ0n) is 15.9. The van der Waals surface area contributed by atoms with Crippen LogP contribution in [0.1, 0.15) is 93.4 Å². The minimum absolute atomic E-state index is 0.467. The summed E-state index contributed by atoms with van der Waals surface area (Å²) in [6, 6.07) is 0.755. The van der Waals surface area contributed by atoms with E-state index in [4.69, 9.17) is 0 Å². The fourth-order valence-electron chi connectivity index (χ4n) is 3.81. The van der Waals surface area contributed by atoms with Gasteiger partial charge in [0.2, 0.25) is 0 Å². The lowest BCUT2D eigenvalue weighted by Crippen LogP contribution is -2.40. The molecule has 1 atom stereocenters. The molecule has 1 aliphatic rings. The Kier molecular flexibility index (Phi) is 7.24. The molecule has 1 heteroatoms. The highest BCUT2D eigenvalue weighted by atomic mass is 14.9. The molecule has 0 aromatic carbocycles. The third kappa shape index (κ3) is 7.17. The maximum absolute atomic E-state index is 3.87. The van der Waals surface area contributed by atoms with Crippen LogP contribution in [-0.2, 0) is 0 Å². The fourth-order valence-corrected chi connectivity index (χ4v) is 3.81. The lowest BCUT2D eigenvalue weighted by atomic mass is 9.68. The van der Waals surface area contributed by atoms with Crippen LogP contribution in [0.4, 0.5) is 0 Å². The highest BCUT2D eigenvalue weighted by Crippen LogP contribution is 2.41. The molecular weight excluding hydrogens is 254 g/mol. The van der Waals surface area contributed by atoms with E-state index >= 15 is 0 Å². The van der Waals surface area contributed by atoms with E-state index in [0.717, 1.165) is 17.9 Å². The van der Waals surface area contributed by atoms with E-state index in [-0.39, 0.29) is 0 Å². The lowest BCUT2D eigenvalue weighted by Gasteiger charge is -2.40. The minimum Gasteiger partial charge on any atom is -0.314 e. The Balaban J connectivity index is 2.52. The van der Waals surface area contributed by atoms with E-state index in [2.05, 4.69) is 53.8 Å². The molecule has 0 bridgehead atoms. The Morgan fingerprint density at radius 3 is 1.95 bits per heavy atom. The van der Waals surface area contributed by atoms with E-state index in [1.54, 1.807) is 0 Å². The molecule has 0 aromatic rings. The van der Waals surface area contributed by atoms with Gasteiger partial charge in [0.15, 0.2) is 0 Å². The predicted octanol–water partition coefficient (Wildman–Crippen LogP) is 6.03. The van der Waals surface area contributed by atoms with Gasteiger partial charge in [-0.15, -0.1) is 0 Å². The molecule has 0 saturated heterocycles. The Morgan fingerprint density at radius 1 is 0.952 bits per heavy atom. The summed E-state index contributed by atoms with van der Waals surface area (Å²) >= 11 is 0. The molecule has 1 aliphatic carbocycles. The Morgan fingerprint density at radius 2 is 1.52 bits per heavy atom. The first-order valence-electron chi connectivity index (χ1n) is 9.37. The number of rotatable bonds is 6.